The smallest absolute Gasteiger partial charge is 0.249 e. The lowest BCUT2D eigenvalue weighted by Gasteiger charge is -2.09. The number of hydrogen-bond donors (Lipinski definition) is 2. The van der Waals surface area contributed by atoms with E-state index in [-0.39, 0.29) is 0 Å². The van der Waals surface area contributed by atoms with E-state index in [1.807, 2.05) is 24.3 Å². The van der Waals surface area contributed by atoms with Gasteiger partial charge in [0, 0.05) is 5.69 Å². The molecule has 6 nitrogen and oxygen atoms in total. The van der Waals surface area contributed by atoms with E-state index in [0.717, 1.165) is 11.4 Å². The van der Waals surface area contributed by atoms with Crippen molar-refractivity contribution in [2.75, 3.05) is 17.7 Å². The lowest BCUT2D eigenvalue weighted by atomic mass is 10.3. The van der Waals surface area contributed by atoms with Gasteiger partial charge in [0.05, 0.1) is 29.0 Å². The van der Waals surface area contributed by atoms with Gasteiger partial charge in [0.1, 0.15) is 5.75 Å². The van der Waals surface area contributed by atoms with Crippen LogP contribution in [0.25, 0.3) is 0 Å². The van der Waals surface area contributed by atoms with Crippen LogP contribution in [0.5, 0.6) is 5.75 Å². The summed E-state index contributed by atoms with van der Waals surface area (Å²) in [6.07, 6.45) is 1.52. The molecule has 0 saturated carbocycles. The molecule has 0 spiro atoms. The largest absolute Gasteiger partial charge is 0.497 e. The topological polar surface area (TPSA) is 72.0 Å². The summed E-state index contributed by atoms with van der Waals surface area (Å²) in [6, 6.07) is 12.7. The molecule has 1 heterocycles. The summed E-state index contributed by atoms with van der Waals surface area (Å²) in [5, 5.41) is 14.8. The van der Waals surface area contributed by atoms with E-state index < -0.39 is 0 Å². The van der Waals surface area contributed by atoms with Crippen molar-refractivity contribution in [3.63, 3.8) is 0 Å². The van der Waals surface area contributed by atoms with E-state index in [1.54, 1.807) is 25.3 Å². The van der Waals surface area contributed by atoms with E-state index >= 15 is 0 Å². The van der Waals surface area contributed by atoms with Crippen LogP contribution >= 0.6 is 23.2 Å². The zero-order valence-electron chi connectivity index (χ0n) is 12.6. The average molecular weight is 362 g/mol. The Balaban J connectivity index is 1.77. The van der Waals surface area contributed by atoms with Crippen LogP contribution in [-0.4, -0.2) is 22.3 Å². The molecule has 3 rings (SSSR count). The van der Waals surface area contributed by atoms with E-state index in [1.165, 1.54) is 6.20 Å². The van der Waals surface area contributed by atoms with Gasteiger partial charge in [0.15, 0.2) is 5.82 Å². The molecule has 0 aliphatic heterocycles. The molecule has 2 N–H and O–H groups in total. The molecule has 1 aromatic heterocycles. The normalized spacial score (nSPS) is 10.3. The van der Waals surface area contributed by atoms with Gasteiger partial charge in [-0.05, 0) is 36.4 Å². The van der Waals surface area contributed by atoms with Crippen LogP contribution in [0.2, 0.25) is 10.0 Å². The Morgan fingerprint density at radius 2 is 1.79 bits per heavy atom. The van der Waals surface area contributed by atoms with Crippen molar-refractivity contribution in [2.45, 2.75) is 0 Å². The number of anilines is 4. The average Bonchev–Trinajstić information content (AvgIpc) is 2.60. The molecule has 0 aliphatic carbocycles. The highest BCUT2D eigenvalue weighted by molar-refractivity contribution is 6.43. The van der Waals surface area contributed by atoms with Crippen LogP contribution in [0, 0.1) is 0 Å². The molecule has 0 unspecified atom stereocenters. The van der Waals surface area contributed by atoms with Gasteiger partial charge in [0.2, 0.25) is 5.95 Å². The van der Waals surface area contributed by atoms with Crippen LogP contribution in [0.15, 0.2) is 48.7 Å². The molecule has 8 heteroatoms. The van der Waals surface area contributed by atoms with Gasteiger partial charge in [0.25, 0.3) is 0 Å². The maximum Gasteiger partial charge on any atom is 0.249 e. The first-order valence-corrected chi connectivity index (χ1v) is 7.73. The summed E-state index contributed by atoms with van der Waals surface area (Å²) in [7, 11) is 1.62. The minimum Gasteiger partial charge on any atom is -0.497 e. The van der Waals surface area contributed by atoms with Gasteiger partial charge >= 0.3 is 0 Å². The molecule has 0 fully saturated rings. The number of methoxy groups -OCH3 is 1. The Hall–Kier alpha value is -2.57. The second kappa shape index (κ2) is 7.33. The van der Waals surface area contributed by atoms with Crippen LogP contribution in [0.4, 0.5) is 23.1 Å². The summed E-state index contributed by atoms with van der Waals surface area (Å²) in [4.78, 5) is 4.35. The number of nitrogens with one attached hydrogen (secondary N) is 2. The number of ether oxygens (including phenoxy) is 1. The number of aromatic nitrogens is 3. The third-order valence-corrected chi connectivity index (χ3v) is 3.94. The molecule has 3 aromatic rings. The van der Waals surface area contributed by atoms with Gasteiger partial charge in [-0.2, -0.15) is 10.1 Å². The van der Waals surface area contributed by atoms with Crippen molar-refractivity contribution in [3.05, 3.63) is 58.7 Å². The molecule has 0 radical (unpaired) electrons. The van der Waals surface area contributed by atoms with Crippen LogP contribution in [0.1, 0.15) is 0 Å². The molecular weight excluding hydrogens is 349 g/mol. The summed E-state index contributed by atoms with van der Waals surface area (Å²) < 4.78 is 5.13. The van der Waals surface area contributed by atoms with Gasteiger partial charge in [-0.15, -0.1) is 5.10 Å². The summed E-state index contributed by atoms with van der Waals surface area (Å²) in [6.45, 7) is 0. The SMILES string of the molecule is COc1ccc(Nc2cnnc(Nc3cccc(Cl)c3Cl)n2)cc1. The van der Waals surface area contributed by atoms with Crippen LogP contribution < -0.4 is 15.4 Å². The minimum absolute atomic E-state index is 0.303. The molecule has 122 valence electrons. The van der Waals surface area contributed by atoms with E-state index in [0.29, 0.717) is 27.5 Å². The second-order valence-corrected chi connectivity index (χ2v) is 5.53. The number of hydrogen-bond acceptors (Lipinski definition) is 6. The molecule has 0 aliphatic rings. The lowest BCUT2D eigenvalue weighted by Crippen LogP contribution is -2.02. The fourth-order valence-electron chi connectivity index (χ4n) is 1.96. The van der Waals surface area contributed by atoms with Crippen LogP contribution in [-0.2, 0) is 0 Å². The summed E-state index contributed by atoms with van der Waals surface area (Å²) in [5.74, 6) is 1.62. The fourth-order valence-corrected chi connectivity index (χ4v) is 2.31. The third-order valence-electron chi connectivity index (χ3n) is 3.12. The number of halogens is 2. The Bertz CT molecular complexity index is 842. The monoisotopic (exact) mass is 361 g/mol. The molecule has 0 amide bonds. The number of rotatable bonds is 5. The molecule has 0 saturated heterocycles. The molecule has 0 atom stereocenters. The standard InChI is InChI=1S/C16H13Cl2N5O/c1-24-11-7-5-10(6-8-11)20-14-9-19-23-16(22-14)21-13-4-2-3-12(17)15(13)18/h2-9H,1H3,(H2,20,21,22,23). The Labute approximate surface area is 148 Å². The van der Waals surface area contributed by atoms with Crippen molar-refractivity contribution >= 4 is 46.3 Å². The Morgan fingerprint density at radius 3 is 2.54 bits per heavy atom. The van der Waals surface area contributed by atoms with Crippen LogP contribution in [0.3, 0.4) is 0 Å². The fraction of sp³-hybridized carbons (Fsp3) is 0.0625. The zero-order chi connectivity index (χ0) is 16.9. The van der Waals surface area contributed by atoms with E-state index in [2.05, 4.69) is 25.8 Å². The van der Waals surface area contributed by atoms with Crippen molar-refractivity contribution < 1.29 is 4.74 Å². The number of nitrogens with zero attached hydrogens (tertiary/aromatic N) is 3. The highest BCUT2D eigenvalue weighted by atomic mass is 35.5. The van der Waals surface area contributed by atoms with Gasteiger partial charge < -0.3 is 15.4 Å². The molecule has 2 aromatic carbocycles. The maximum absolute atomic E-state index is 6.14. The third kappa shape index (κ3) is 3.84. The predicted molar refractivity (Wildman–Crippen MR) is 95.8 cm³/mol. The van der Waals surface area contributed by atoms with E-state index in [4.69, 9.17) is 27.9 Å². The maximum atomic E-state index is 6.14. The van der Waals surface area contributed by atoms with E-state index in [9.17, 15) is 0 Å². The Kier molecular flexibility index (Phi) is 4.98. The summed E-state index contributed by atoms with van der Waals surface area (Å²) in [5.41, 5.74) is 1.45. The molecule has 24 heavy (non-hydrogen) atoms. The first-order valence-electron chi connectivity index (χ1n) is 6.97. The highest BCUT2D eigenvalue weighted by Gasteiger charge is 2.07. The van der Waals surface area contributed by atoms with Crippen molar-refractivity contribution in [2.24, 2.45) is 0 Å². The quantitative estimate of drug-likeness (QED) is 0.687. The van der Waals surface area contributed by atoms with Crippen molar-refractivity contribution in [3.8, 4) is 5.75 Å². The molecule has 0 bridgehead atoms. The first kappa shape index (κ1) is 16.3. The highest BCUT2D eigenvalue weighted by Crippen LogP contribution is 2.31. The first-order chi connectivity index (χ1) is 11.7. The summed E-state index contributed by atoms with van der Waals surface area (Å²) >= 11 is 12.1. The lowest BCUT2D eigenvalue weighted by molar-refractivity contribution is 0.415. The second-order valence-electron chi connectivity index (χ2n) is 4.75. The van der Waals surface area contributed by atoms with Crippen molar-refractivity contribution in [1.29, 1.82) is 0 Å². The Morgan fingerprint density at radius 1 is 1.00 bits per heavy atom. The predicted octanol–water partition coefficient (Wildman–Crippen LogP) is 4.67. The van der Waals surface area contributed by atoms with Gasteiger partial charge in [-0.3, -0.25) is 0 Å². The van der Waals surface area contributed by atoms with Crippen molar-refractivity contribution in [1.82, 2.24) is 15.2 Å². The minimum atomic E-state index is 0.303. The molecular formula is C16H13Cl2N5O. The number of benzene rings is 2. The van der Waals surface area contributed by atoms with Gasteiger partial charge in [-0.1, -0.05) is 29.3 Å². The zero-order valence-corrected chi connectivity index (χ0v) is 14.1. The van der Waals surface area contributed by atoms with Gasteiger partial charge in [-0.25, -0.2) is 0 Å².